The summed E-state index contributed by atoms with van der Waals surface area (Å²) in [6.45, 7) is 5.57. The number of carbonyl (C=O) groups excluding carboxylic acids is 1. The molecule has 0 saturated heterocycles. The third-order valence-corrected chi connectivity index (χ3v) is 2.11. The Hall–Kier alpha value is -1.62. The molecular formula is C12H19N3O2. The molecule has 0 unspecified atom stereocenters. The van der Waals surface area contributed by atoms with Crippen molar-refractivity contribution in [2.24, 2.45) is 5.92 Å². The maximum atomic E-state index is 11.4. The van der Waals surface area contributed by atoms with Gasteiger partial charge in [0, 0.05) is 13.1 Å². The van der Waals surface area contributed by atoms with Gasteiger partial charge in [-0.15, -0.1) is 0 Å². The third-order valence-electron chi connectivity index (χ3n) is 2.11. The number of aromatic nitrogens is 1. The molecule has 17 heavy (non-hydrogen) atoms. The first-order valence-corrected chi connectivity index (χ1v) is 5.69. The van der Waals surface area contributed by atoms with Crippen LogP contribution in [0.3, 0.4) is 0 Å². The molecule has 0 aromatic carbocycles. The Bertz CT molecular complexity index is 349. The molecule has 0 aliphatic carbocycles. The predicted octanol–water partition coefficient (Wildman–Crippen LogP) is 0.649. The van der Waals surface area contributed by atoms with E-state index in [1.54, 1.807) is 12.1 Å². The van der Waals surface area contributed by atoms with Crippen LogP contribution in [0, 0.1) is 5.92 Å². The topological polar surface area (TPSA) is 74.2 Å². The zero-order valence-electron chi connectivity index (χ0n) is 10.2. The summed E-state index contributed by atoms with van der Waals surface area (Å²) in [5, 5.41) is 14.8. The van der Waals surface area contributed by atoms with Gasteiger partial charge in [-0.2, -0.15) is 0 Å². The average molecular weight is 237 g/mol. The van der Waals surface area contributed by atoms with E-state index in [2.05, 4.69) is 15.6 Å². The van der Waals surface area contributed by atoms with Crippen molar-refractivity contribution in [1.82, 2.24) is 15.6 Å². The first-order chi connectivity index (χ1) is 8.08. The second kappa shape index (κ2) is 6.85. The lowest BCUT2D eigenvalue weighted by atomic mass is 10.2. The highest BCUT2D eigenvalue weighted by atomic mass is 16.3. The fourth-order valence-corrected chi connectivity index (χ4v) is 1.21. The van der Waals surface area contributed by atoms with Gasteiger partial charge in [-0.1, -0.05) is 13.8 Å². The molecule has 0 aliphatic rings. The van der Waals surface area contributed by atoms with Crippen molar-refractivity contribution in [2.45, 2.75) is 20.4 Å². The van der Waals surface area contributed by atoms with Crippen molar-refractivity contribution in [1.29, 1.82) is 0 Å². The van der Waals surface area contributed by atoms with Gasteiger partial charge in [0.1, 0.15) is 5.75 Å². The number of aromatic hydroxyl groups is 1. The highest BCUT2D eigenvalue weighted by Gasteiger charge is 2.02. The van der Waals surface area contributed by atoms with E-state index in [4.69, 9.17) is 5.11 Å². The van der Waals surface area contributed by atoms with E-state index in [-0.39, 0.29) is 18.2 Å². The molecule has 5 heteroatoms. The molecule has 5 nitrogen and oxygen atoms in total. The lowest BCUT2D eigenvalue weighted by molar-refractivity contribution is -0.120. The van der Waals surface area contributed by atoms with Crippen LogP contribution in [0.1, 0.15) is 19.5 Å². The van der Waals surface area contributed by atoms with Crippen molar-refractivity contribution in [3.8, 4) is 5.75 Å². The van der Waals surface area contributed by atoms with E-state index in [1.807, 2.05) is 13.8 Å². The van der Waals surface area contributed by atoms with Crippen LogP contribution in [-0.2, 0) is 11.3 Å². The largest absolute Gasteiger partial charge is 0.506 e. The van der Waals surface area contributed by atoms with Crippen LogP contribution in [0.15, 0.2) is 18.3 Å². The van der Waals surface area contributed by atoms with Crippen LogP contribution < -0.4 is 10.6 Å². The zero-order chi connectivity index (χ0) is 12.7. The molecule has 1 aromatic rings. The maximum absolute atomic E-state index is 11.4. The average Bonchev–Trinajstić information content (AvgIpc) is 2.29. The minimum atomic E-state index is -0.0162. The second-order valence-corrected chi connectivity index (χ2v) is 4.31. The first-order valence-electron chi connectivity index (χ1n) is 5.69. The van der Waals surface area contributed by atoms with Crippen molar-refractivity contribution in [3.63, 3.8) is 0 Å². The smallest absolute Gasteiger partial charge is 0.233 e. The SMILES string of the molecule is CC(C)CNC(=O)CNCc1ccc(O)cn1. The van der Waals surface area contributed by atoms with Gasteiger partial charge in [-0.25, -0.2) is 0 Å². The standard InChI is InChI=1S/C12H19N3O2/c1-9(2)5-15-12(17)8-13-6-10-3-4-11(16)7-14-10/h3-4,7,9,13,16H,5-6,8H2,1-2H3,(H,15,17). The van der Waals surface area contributed by atoms with Crippen molar-refractivity contribution in [2.75, 3.05) is 13.1 Å². The van der Waals surface area contributed by atoms with Crippen LogP contribution in [0.2, 0.25) is 0 Å². The number of amides is 1. The molecule has 0 aliphatic heterocycles. The molecular weight excluding hydrogens is 218 g/mol. The number of rotatable bonds is 6. The van der Waals surface area contributed by atoms with Crippen molar-refractivity contribution in [3.05, 3.63) is 24.0 Å². The lowest BCUT2D eigenvalue weighted by Crippen LogP contribution is -2.35. The molecule has 0 saturated carbocycles. The van der Waals surface area contributed by atoms with Crippen LogP contribution in [0.25, 0.3) is 0 Å². The Labute approximate surface area is 101 Å². The summed E-state index contributed by atoms with van der Waals surface area (Å²) in [4.78, 5) is 15.4. The minimum absolute atomic E-state index is 0.0162. The van der Waals surface area contributed by atoms with Gasteiger partial charge in [0.15, 0.2) is 0 Å². The molecule has 0 spiro atoms. The Balaban J connectivity index is 2.19. The quantitative estimate of drug-likeness (QED) is 0.679. The number of hydrogen-bond acceptors (Lipinski definition) is 4. The summed E-state index contributed by atoms with van der Waals surface area (Å²) in [6.07, 6.45) is 1.38. The summed E-state index contributed by atoms with van der Waals surface area (Å²) >= 11 is 0. The van der Waals surface area contributed by atoms with Crippen LogP contribution in [0.5, 0.6) is 5.75 Å². The van der Waals surface area contributed by atoms with Gasteiger partial charge >= 0.3 is 0 Å². The fraction of sp³-hybridized carbons (Fsp3) is 0.500. The van der Waals surface area contributed by atoms with E-state index in [0.717, 1.165) is 5.69 Å². The van der Waals surface area contributed by atoms with E-state index in [0.29, 0.717) is 19.0 Å². The Kier molecular flexibility index (Phi) is 5.42. The molecule has 1 amide bonds. The molecule has 1 rings (SSSR count). The number of nitrogens with zero attached hydrogens (tertiary/aromatic N) is 1. The lowest BCUT2D eigenvalue weighted by Gasteiger charge is -2.08. The number of pyridine rings is 1. The summed E-state index contributed by atoms with van der Waals surface area (Å²) in [6, 6.07) is 3.29. The highest BCUT2D eigenvalue weighted by molar-refractivity contribution is 5.77. The van der Waals surface area contributed by atoms with Crippen LogP contribution >= 0.6 is 0 Å². The van der Waals surface area contributed by atoms with Gasteiger partial charge in [-0.05, 0) is 18.1 Å². The summed E-state index contributed by atoms with van der Waals surface area (Å²) < 4.78 is 0. The number of carbonyl (C=O) groups is 1. The van der Waals surface area contributed by atoms with Crippen molar-refractivity contribution < 1.29 is 9.90 Å². The van der Waals surface area contributed by atoms with Gasteiger partial charge in [-0.3, -0.25) is 9.78 Å². The van der Waals surface area contributed by atoms with Gasteiger partial charge in [0.05, 0.1) is 18.4 Å². The highest BCUT2D eigenvalue weighted by Crippen LogP contribution is 2.05. The van der Waals surface area contributed by atoms with Gasteiger partial charge in [0.25, 0.3) is 0 Å². The summed E-state index contributed by atoms with van der Waals surface area (Å²) in [7, 11) is 0. The molecule has 1 aromatic heterocycles. The third kappa shape index (κ3) is 5.87. The molecule has 0 fully saturated rings. The van der Waals surface area contributed by atoms with E-state index < -0.39 is 0 Å². The Morgan fingerprint density at radius 2 is 2.24 bits per heavy atom. The molecule has 0 radical (unpaired) electrons. The first kappa shape index (κ1) is 13.4. The zero-order valence-corrected chi connectivity index (χ0v) is 10.2. The number of nitrogens with one attached hydrogen (secondary N) is 2. The maximum Gasteiger partial charge on any atom is 0.233 e. The van der Waals surface area contributed by atoms with E-state index in [9.17, 15) is 4.79 Å². The van der Waals surface area contributed by atoms with E-state index >= 15 is 0 Å². The van der Waals surface area contributed by atoms with Crippen LogP contribution in [-0.4, -0.2) is 29.1 Å². The molecule has 3 N–H and O–H groups in total. The number of hydrogen-bond donors (Lipinski definition) is 3. The predicted molar refractivity (Wildman–Crippen MR) is 65.5 cm³/mol. The summed E-state index contributed by atoms with van der Waals surface area (Å²) in [5.74, 6) is 0.582. The molecule has 0 atom stereocenters. The normalized spacial score (nSPS) is 10.5. The van der Waals surface area contributed by atoms with E-state index in [1.165, 1.54) is 6.20 Å². The molecule has 0 bridgehead atoms. The summed E-state index contributed by atoms with van der Waals surface area (Å²) in [5.41, 5.74) is 0.791. The van der Waals surface area contributed by atoms with Crippen LogP contribution in [0.4, 0.5) is 0 Å². The Morgan fingerprint density at radius 1 is 1.47 bits per heavy atom. The van der Waals surface area contributed by atoms with Gasteiger partial charge < -0.3 is 15.7 Å². The van der Waals surface area contributed by atoms with Gasteiger partial charge in [0.2, 0.25) is 5.91 Å². The minimum Gasteiger partial charge on any atom is -0.506 e. The monoisotopic (exact) mass is 237 g/mol. The molecule has 1 heterocycles. The second-order valence-electron chi connectivity index (χ2n) is 4.31. The Morgan fingerprint density at radius 3 is 2.82 bits per heavy atom. The fourth-order valence-electron chi connectivity index (χ4n) is 1.21. The van der Waals surface area contributed by atoms with Crippen molar-refractivity contribution >= 4 is 5.91 Å². The molecule has 94 valence electrons.